The van der Waals surface area contributed by atoms with Gasteiger partial charge < -0.3 is 0 Å². The highest BCUT2D eigenvalue weighted by Gasteiger charge is 2.58. The lowest BCUT2D eigenvalue weighted by atomic mass is 9.48. The van der Waals surface area contributed by atoms with E-state index in [1.165, 1.54) is 24.8 Å². The third-order valence-electron chi connectivity index (χ3n) is 8.01. The minimum atomic E-state index is 0.170. The highest BCUT2D eigenvalue weighted by molar-refractivity contribution is 5.92. The summed E-state index contributed by atoms with van der Waals surface area (Å²) in [6, 6.07) is 0. The van der Waals surface area contributed by atoms with E-state index in [4.69, 9.17) is 0 Å². The molecule has 1 unspecified atom stereocenters. The smallest absolute Gasteiger partial charge is 0.156 e. The predicted octanol–water partition coefficient (Wildman–Crippen LogP) is 4.50. The van der Waals surface area contributed by atoms with Crippen molar-refractivity contribution < 1.29 is 9.59 Å². The average molecular weight is 312 g/mol. The van der Waals surface area contributed by atoms with Crippen LogP contribution in [-0.2, 0) is 9.59 Å². The number of hydrogen-bond donors (Lipinski definition) is 0. The monoisotopic (exact) mass is 312 g/mol. The van der Waals surface area contributed by atoms with Gasteiger partial charge in [0.25, 0.3) is 0 Å². The molecule has 0 N–H and O–H groups in total. The van der Waals surface area contributed by atoms with Crippen molar-refractivity contribution >= 4 is 11.6 Å². The number of allylic oxidation sites excluding steroid dienone is 4. The molecule has 2 heteroatoms. The molecule has 0 aromatic carbocycles. The van der Waals surface area contributed by atoms with Gasteiger partial charge in [-0.3, -0.25) is 9.59 Å². The van der Waals surface area contributed by atoms with Crippen molar-refractivity contribution in [2.24, 2.45) is 34.5 Å². The van der Waals surface area contributed by atoms with Crippen LogP contribution in [0.15, 0.2) is 23.8 Å². The molecule has 0 spiro atoms. The van der Waals surface area contributed by atoms with E-state index in [-0.39, 0.29) is 16.7 Å². The van der Waals surface area contributed by atoms with Gasteiger partial charge in [0.05, 0.1) is 0 Å². The van der Waals surface area contributed by atoms with E-state index in [0.29, 0.717) is 35.7 Å². The molecular weight excluding hydrogens is 284 g/mol. The Morgan fingerprint density at radius 3 is 2.65 bits per heavy atom. The van der Waals surface area contributed by atoms with Gasteiger partial charge in [-0.1, -0.05) is 26.0 Å². The summed E-state index contributed by atoms with van der Waals surface area (Å²) < 4.78 is 0. The molecule has 124 valence electrons. The summed E-state index contributed by atoms with van der Waals surface area (Å²) in [5, 5.41) is 0. The van der Waals surface area contributed by atoms with E-state index in [2.05, 4.69) is 26.0 Å². The zero-order valence-electron chi connectivity index (χ0n) is 14.6. The van der Waals surface area contributed by atoms with E-state index >= 15 is 0 Å². The van der Waals surface area contributed by atoms with Gasteiger partial charge in [-0.2, -0.15) is 0 Å². The summed E-state index contributed by atoms with van der Waals surface area (Å²) in [4.78, 5) is 24.0. The Kier molecular flexibility index (Phi) is 3.28. The van der Waals surface area contributed by atoms with E-state index in [1.54, 1.807) is 6.92 Å². The van der Waals surface area contributed by atoms with Crippen molar-refractivity contribution in [2.45, 2.75) is 59.3 Å². The summed E-state index contributed by atoms with van der Waals surface area (Å²) in [6.07, 6.45) is 12.9. The minimum absolute atomic E-state index is 0.170. The maximum absolute atomic E-state index is 12.1. The molecule has 0 aliphatic heterocycles. The molecule has 2 nitrogen and oxygen atoms in total. The van der Waals surface area contributed by atoms with Gasteiger partial charge in [-0.25, -0.2) is 0 Å². The molecule has 0 radical (unpaired) electrons. The number of carbonyl (C=O) groups excluding carboxylic acids is 2. The molecule has 0 saturated heterocycles. The van der Waals surface area contributed by atoms with Crippen LogP contribution in [0.2, 0.25) is 0 Å². The van der Waals surface area contributed by atoms with Crippen LogP contribution >= 0.6 is 0 Å². The minimum Gasteiger partial charge on any atom is -0.300 e. The molecule has 0 aromatic rings. The van der Waals surface area contributed by atoms with Crippen LogP contribution in [0.4, 0.5) is 0 Å². The number of Topliss-reactive ketones (excluding diaryl/α,β-unsaturated/α-hetero) is 1. The van der Waals surface area contributed by atoms with Crippen LogP contribution in [0.3, 0.4) is 0 Å². The summed E-state index contributed by atoms with van der Waals surface area (Å²) >= 11 is 0. The van der Waals surface area contributed by atoms with Crippen LogP contribution < -0.4 is 0 Å². The third-order valence-corrected chi connectivity index (χ3v) is 8.01. The Morgan fingerprint density at radius 1 is 1.13 bits per heavy atom. The first kappa shape index (κ1) is 15.4. The van der Waals surface area contributed by atoms with Gasteiger partial charge in [-0.15, -0.1) is 0 Å². The summed E-state index contributed by atoms with van der Waals surface area (Å²) in [5.74, 6) is 2.83. The fourth-order valence-electron chi connectivity index (χ4n) is 6.66. The molecule has 23 heavy (non-hydrogen) atoms. The van der Waals surface area contributed by atoms with Crippen molar-refractivity contribution in [1.82, 2.24) is 0 Å². The molecule has 6 atom stereocenters. The van der Waals surface area contributed by atoms with E-state index < -0.39 is 0 Å². The zero-order chi connectivity index (χ0) is 16.4. The molecule has 0 bridgehead atoms. The lowest BCUT2D eigenvalue weighted by molar-refractivity contribution is -0.127. The third kappa shape index (κ3) is 1.99. The van der Waals surface area contributed by atoms with Gasteiger partial charge in [-0.05, 0) is 79.3 Å². The Hall–Kier alpha value is -1.18. The number of hydrogen-bond acceptors (Lipinski definition) is 2. The van der Waals surface area contributed by atoms with Gasteiger partial charge in [0.15, 0.2) is 5.78 Å². The molecule has 0 heterocycles. The normalized spacial score (nSPS) is 48.3. The highest BCUT2D eigenvalue weighted by atomic mass is 16.1. The molecular formula is C21H28O2. The van der Waals surface area contributed by atoms with Crippen LogP contribution in [0.1, 0.15) is 59.3 Å². The largest absolute Gasteiger partial charge is 0.300 e. The number of carbonyl (C=O) groups is 2. The highest BCUT2D eigenvalue weighted by Crippen LogP contribution is 2.65. The van der Waals surface area contributed by atoms with Gasteiger partial charge >= 0.3 is 0 Å². The van der Waals surface area contributed by atoms with Gasteiger partial charge in [0, 0.05) is 12.3 Å². The van der Waals surface area contributed by atoms with Crippen LogP contribution in [0.5, 0.6) is 0 Å². The Balaban J connectivity index is 1.72. The molecule has 0 amide bonds. The first-order valence-corrected chi connectivity index (χ1v) is 9.30. The molecule has 2 fully saturated rings. The average Bonchev–Trinajstić information content (AvgIpc) is 2.85. The summed E-state index contributed by atoms with van der Waals surface area (Å²) in [5.41, 5.74) is 1.63. The predicted molar refractivity (Wildman–Crippen MR) is 90.8 cm³/mol. The Labute approximate surface area is 139 Å². The maximum Gasteiger partial charge on any atom is 0.156 e. The van der Waals surface area contributed by atoms with E-state index in [9.17, 15) is 9.59 Å². The number of ketones is 2. The molecule has 0 aromatic heterocycles. The van der Waals surface area contributed by atoms with E-state index in [0.717, 1.165) is 12.8 Å². The second kappa shape index (κ2) is 4.91. The summed E-state index contributed by atoms with van der Waals surface area (Å²) in [6.45, 7) is 6.54. The van der Waals surface area contributed by atoms with Gasteiger partial charge in [0.1, 0.15) is 5.78 Å². The SMILES string of the molecule is CC(=O)[C@H]1CC[C@H]2[C@@H]3C=CC4=CC(=O)CC[C@@]4(C)C3CC[C@]12C. The molecule has 4 aliphatic carbocycles. The number of rotatable bonds is 1. The molecule has 2 saturated carbocycles. The fraction of sp³-hybridized carbons (Fsp3) is 0.714. The van der Waals surface area contributed by atoms with Crippen molar-refractivity contribution in [3.05, 3.63) is 23.8 Å². The molecule has 4 aliphatic rings. The van der Waals surface area contributed by atoms with Crippen molar-refractivity contribution in [3.63, 3.8) is 0 Å². The Morgan fingerprint density at radius 2 is 1.91 bits per heavy atom. The topological polar surface area (TPSA) is 34.1 Å². The molecule has 4 rings (SSSR count). The zero-order valence-corrected chi connectivity index (χ0v) is 14.6. The number of fused-ring (bicyclic) bond motifs is 5. The van der Waals surface area contributed by atoms with Crippen molar-refractivity contribution in [3.8, 4) is 0 Å². The second-order valence-corrected chi connectivity index (χ2v) is 8.92. The van der Waals surface area contributed by atoms with E-state index in [1.807, 2.05) is 6.08 Å². The quantitative estimate of drug-likeness (QED) is 0.714. The van der Waals surface area contributed by atoms with Crippen molar-refractivity contribution in [2.75, 3.05) is 0 Å². The lowest BCUT2D eigenvalue weighted by Gasteiger charge is -2.55. The van der Waals surface area contributed by atoms with Gasteiger partial charge in [0.2, 0.25) is 0 Å². The van der Waals surface area contributed by atoms with Crippen molar-refractivity contribution in [1.29, 1.82) is 0 Å². The first-order valence-electron chi connectivity index (χ1n) is 9.30. The summed E-state index contributed by atoms with van der Waals surface area (Å²) in [7, 11) is 0. The van der Waals surface area contributed by atoms with Crippen LogP contribution in [0, 0.1) is 34.5 Å². The second-order valence-electron chi connectivity index (χ2n) is 8.92. The van der Waals surface area contributed by atoms with Crippen LogP contribution in [-0.4, -0.2) is 11.6 Å². The fourth-order valence-corrected chi connectivity index (χ4v) is 6.66. The standard InChI is InChI=1S/C21H28O2/c1-13(22)17-6-7-18-16-5-4-14-12-15(23)8-10-20(14,2)19(16)9-11-21(17,18)3/h4-5,12,16-19H,6-11H2,1-3H3/t16-,17+,18-,19?,20+,21+/m0/s1. The first-order chi connectivity index (χ1) is 10.9. The lowest BCUT2D eigenvalue weighted by Crippen LogP contribution is -2.49. The Bertz CT molecular complexity index is 628. The maximum atomic E-state index is 12.1. The van der Waals surface area contributed by atoms with Crippen LogP contribution in [0.25, 0.3) is 0 Å².